The second-order valence-electron chi connectivity index (χ2n) is 4.53. The highest BCUT2D eigenvalue weighted by atomic mass is 16.5. The Bertz CT molecular complexity index is 225. The van der Waals surface area contributed by atoms with Crippen molar-refractivity contribution < 1.29 is 9.53 Å². The third kappa shape index (κ3) is 2.49. The van der Waals surface area contributed by atoms with E-state index in [0.29, 0.717) is 18.4 Å². The maximum absolute atomic E-state index is 12.2. The summed E-state index contributed by atoms with van der Waals surface area (Å²) in [6.07, 6.45) is 0.972. The molecule has 0 radical (unpaired) electrons. The first-order valence-electron chi connectivity index (χ1n) is 5.86. The second kappa shape index (κ2) is 4.94. The van der Waals surface area contributed by atoms with Crippen molar-refractivity contribution in [2.75, 3.05) is 39.4 Å². The maximum atomic E-state index is 12.2. The van der Waals surface area contributed by atoms with Crippen LogP contribution in [-0.4, -0.2) is 50.2 Å². The Morgan fingerprint density at radius 2 is 2.20 bits per heavy atom. The van der Waals surface area contributed by atoms with E-state index >= 15 is 0 Å². The van der Waals surface area contributed by atoms with E-state index in [2.05, 4.69) is 12.2 Å². The van der Waals surface area contributed by atoms with Gasteiger partial charge in [-0.15, -0.1) is 0 Å². The molecule has 4 heteroatoms. The molecular formula is C11H20N2O2. The standard InChI is InChI=1S/C11H20N2O2/c1-9-7-12-8-10(9)11(14)13-3-2-5-15-6-4-13/h9-10,12H,2-8H2,1H3. The van der Waals surface area contributed by atoms with E-state index in [1.165, 1.54) is 0 Å². The van der Waals surface area contributed by atoms with Crippen molar-refractivity contribution in [3.8, 4) is 0 Å². The first-order chi connectivity index (χ1) is 7.29. The van der Waals surface area contributed by atoms with Crippen molar-refractivity contribution in [1.82, 2.24) is 10.2 Å². The molecule has 0 aromatic rings. The van der Waals surface area contributed by atoms with Crippen molar-refractivity contribution in [1.29, 1.82) is 0 Å². The Morgan fingerprint density at radius 3 is 2.93 bits per heavy atom. The molecule has 2 fully saturated rings. The molecule has 2 aliphatic rings. The molecule has 2 aliphatic heterocycles. The van der Waals surface area contributed by atoms with Crippen LogP contribution in [-0.2, 0) is 9.53 Å². The van der Waals surface area contributed by atoms with E-state index in [-0.39, 0.29) is 5.92 Å². The molecule has 1 N–H and O–H groups in total. The fourth-order valence-electron chi connectivity index (χ4n) is 2.34. The van der Waals surface area contributed by atoms with Crippen LogP contribution in [0.15, 0.2) is 0 Å². The lowest BCUT2D eigenvalue weighted by atomic mass is 9.96. The summed E-state index contributed by atoms with van der Waals surface area (Å²) in [5, 5.41) is 3.28. The Kier molecular flexibility index (Phi) is 3.59. The number of hydrogen-bond donors (Lipinski definition) is 1. The average Bonchev–Trinajstić information content (AvgIpc) is 2.53. The fraction of sp³-hybridized carbons (Fsp3) is 0.909. The molecule has 2 heterocycles. The minimum atomic E-state index is 0.183. The quantitative estimate of drug-likeness (QED) is 0.670. The zero-order valence-corrected chi connectivity index (χ0v) is 9.37. The topological polar surface area (TPSA) is 41.6 Å². The summed E-state index contributed by atoms with van der Waals surface area (Å²) >= 11 is 0. The van der Waals surface area contributed by atoms with Crippen molar-refractivity contribution in [3.05, 3.63) is 0 Å². The number of carbonyl (C=O) groups excluding carboxylic acids is 1. The van der Waals surface area contributed by atoms with Gasteiger partial charge in [0, 0.05) is 26.2 Å². The lowest BCUT2D eigenvalue weighted by molar-refractivity contribution is -0.136. The van der Waals surface area contributed by atoms with Gasteiger partial charge in [0.1, 0.15) is 0 Å². The molecule has 2 saturated heterocycles. The van der Waals surface area contributed by atoms with Gasteiger partial charge in [-0.1, -0.05) is 6.92 Å². The molecule has 2 atom stereocenters. The Balaban J connectivity index is 1.93. The zero-order chi connectivity index (χ0) is 10.7. The number of nitrogens with one attached hydrogen (secondary N) is 1. The van der Waals surface area contributed by atoms with Gasteiger partial charge < -0.3 is 15.0 Å². The van der Waals surface area contributed by atoms with E-state index < -0.39 is 0 Å². The number of nitrogens with zero attached hydrogens (tertiary/aromatic N) is 1. The first kappa shape index (κ1) is 10.9. The molecule has 0 aromatic heterocycles. The van der Waals surface area contributed by atoms with Gasteiger partial charge in [0.15, 0.2) is 0 Å². The molecule has 86 valence electrons. The van der Waals surface area contributed by atoms with Crippen LogP contribution < -0.4 is 5.32 Å². The molecule has 2 unspecified atom stereocenters. The molecule has 2 rings (SSSR count). The minimum Gasteiger partial charge on any atom is -0.380 e. The van der Waals surface area contributed by atoms with Gasteiger partial charge in [0.25, 0.3) is 0 Å². The largest absolute Gasteiger partial charge is 0.380 e. The summed E-state index contributed by atoms with van der Waals surface area (Å²) in [4.78, 5) is 14.2. The third-order valence-electron chi connectivity index (χ3n) is 3.37. The van der Waals surface area contributed by atoms with Crippen molar-refractivity contribution >= 4 is 5.91 Å². The summed E-state index contributed by atoms with van der Waals surface area (Å²) in [6, 6.07) is 0. The SMILES string of the molecule is CC1CNCC1C(=O)N1CCCOCC1. The van der Waals surface area contributed by atoms with Gasteiger partial charge in [-0.2, -0.15) is 0 Å². The number of ether oxygens (including phenoxy) is 1. The summed E-state index contributed by atoms with van der Waals surface area (Å²) in [5.41, 5.74) is 0. The molecular weight excluding hydrogens is 192 g/mol. The van der Waals surface area contributed by atoms with Crippen LogP contribution in [0.3, 0.4) is 0 Å². The van der Waals surface area contributed by atoms with Crippen molar-refractivity contribution in [2.45, 2.75) is 13.3 Å². The van der Waals surface area contributed by atoms with E-state index in [1.807, 2.05) is 4.90 Å². The average molecular weight is 212 g/mol. The summed E-state index contributed by atoms with van der Waals surface area (Å²) in [7, 11) is 0. The van der Waals surface area contributed by atoms with Crippen LogP contribution in [0.2, 0.25) is 0 Å². The van der Waals surface area contributed by atoms with Crippen LogP contribution in [0.1, 0.15) is 13.3 Å². The predicted octanol–water partition coefficient (Wildman–Crippen LogP) is 0.0908. The molecule has 1 amide bonds. The highest BCUT2D eigenvalue weighted by molar-refractivity contribution is 5.79. The molecule has 0 saturated carbocycles. The van der Waals surface area contributed by atoms with Crippen LogP contribution in [0.5, 0.6) is 0 Å². The third-order valence-corrected chi connectivity index (χ3v) is 3.37. The van der Waals surface area contributed by atoms with Gasteiger partial charge in [0.2, 0.25) is 5.91 Å². The summed E-state index contributed by atoms with van der Waals surface area (Å²) < 4.78 is 5.35. The van der Waals surface area contributed by atoms with Gasteiger partial charge in [-0.3, -0.25) is 4.79 Å². The fourth-order valence-corrected chi connectivity index (χ4v) is 2.34. The lowest BCUT2D eigenvalue weighted by Gasteiger charge is -2.24. The van der Waals surface area contributed by atoms with E-state index in [0.717, 1.165) is 39.2 Å². The Hall–Kier alpha value is -0.610. The lowest BCUT2D eigenvalue weighted by Crippen LogP contribution is -2.40. The van der Waals surface area contributed by atoms with Crippen LogP contribution in [0.4, 0.5) is 0 Å². The van der Waals surface area contributed by atoms with Crippen LogP contribution in [0.25, 0.3) is 0 Å². The van der Waals surface area contributed by atoms with E-state index in [9.17, 15) is 4.79 Å². The number of rotatable bonds is 1. The van der Waals surface area contributed by atoms with E-state index in [4.69, 9.17) is 4.74 Å². The Labute approximate surface area is 91.0 Å². The molecule has 0 spiro atoms. The number of amides is 1. The van der Waals surface area contributed by atoms with Gasteiger partial charge >= 0.3 is 0 Å². The van der Waals surface area contributed by atoms with E-state index in [1.54, 1.807) is 0 Å². The predicted molar refractivity (Wildman–Crippen MR) is 57.5 cm³/mol. The van der Waals surface area contributed by atoms with Crippen LogP contribution in [0, 0.1) is 11.8 Å². The minimum absolute atomic E-state index is 0.183. The molecule has 4 nitrogen and oxygen atoms in total. The maximum Gasteiger partial charge on any atom is 0.227 e. The highest BCUT2D eigenvalue weighted by Gasteiger charge is 2.32. The van der Waals surface area contributed by atoms with Gasteiger partial charge in [-0.05, 0) is 18.9 Å². The molecule has 0 aromatic carbocycles. The molecule has 15 heavy (non-hydrogen) atoms. The second-order valence-corrected chi connectivity index (χ2v) is 4.53. The van der Waals surface area contributed by atoms with Gasteiger partial charge in [-0.25, -0.2) is 0 Å². The number of carbonyl (C=O) groups is 1. The zero-order valence-electron chi connectivity index (χ0n) is 9.37. The van der Waals surface area contributed by atoms with Crippen molar-refractivity contribution in [2.24, 2.45) is 11.8 Å². The summed E-state index contributed by atoms with van der Waals surface area (Å²) in [6.45, 7) is 7.08. The monoisotopic (exact) mass is 212 g/mol. The molecule has 0 aliphatic carbocycles. The summed E-state index contributed by atoms with van der Waals surface area (Å²) in [5.74, 6) is 0.975. The smallest absolute Gasteiger partial charge is 0.227 e. The highest BCUT2D eigenvalue weighted by Crippen LogP contribution is 2.19. The number of hydrogen-bond acceptors (Lipinski definition) is 3. The first-order valence-corrected chi connectivity index (χ1v) is 5.86. The normalized spacial score (nSPS) is 32.7. The molecule has 0 bridgehead atoms. The van der Waals surface area contributed by atoms with Crippen LogP contribution >= 0.6 is 0 Å². The van der Waals surface area contributed by atoms with Crippen molar-refractivity contribution in [3.63, 3.8) is 0 Å². The van der Waals surface area contributed by atoms with Gasteiger partial charge in [0.05, 0.1) is 12.5 Å². The Morgan fingerprint density at radius 1 is 1.33 bits per heavy atom.